The largest absolute Gasteiger partial charge is 0.481 e. The fraction of sp³-hybridized carbons (Fsp3) is 0.533. The van der Waals surface area contributed by atoms with Crippen molar-refractivity contribution in [2.75, 3.05) is 38.6 Å². The van der Waals surface area contributed by atoms with Crippen LogP contribution in [0.5, 0.6) is 0 Å². The first-order valence-electron chi connectivity index (χ1n) is 6.76. The molecule has 0 aliphatic carbocycles. The number of benzene rings is 1. The molecule has 0 aliphatic rings. The Bertz CT molecular complexity index is 366. The summed E-state index contributed by atoms with van der Waals surface area (Å²) in [5.41, 5.74) is 1.17. The van der Waals surface area contributed by atoms with Crippen LogP contribution in [-0.2, 0) is 4.79 Å². The molecule has 0 unspecified atom stereocenters. The standard InChI is InChI=1S/C15H24N2O2/c1-16(2)11-7-13-17(12-6-10-15(18)19)14-8-4-3-5-9-14/h3-5,8-9H,6-7,10-13H2,1-2H3,(H,18,19). The van der Waals surface area contributed by atoms with E-state index in [1.807, 2.05) is 18.2 Å². The van der Waals surface area contributed by atoms with E-state index in [0.717, 1.165) is 26.1 Å². The van der Waals surface area contributed by atoms with Crippen molar-refractivity contribution < 1.29 is 9.90 Å². The second kappa shape index (κ2) is 8.53. The highest BCUT2D eigenvalue weighted by Gasteiger charge is 2.07. The van der Waals surface area contributed by atoms with E-state index in [9.17, 15) is 4.79 Å². The number of hydrogen-bond acceptors (Lipinski definition) is 3. The molecule has 0 heterocycles. The van der Waals surface area contributed by atoms with Crippen LogP contribution in [0.15, 0.2) is 30.3 Å². The van der Waals surface area contributed by atoms with Crippen LogP contribution in [0.1, 0.15) is 19.3 Å². The van der Waals surface area contributed by atoms with Gasteiger partial charge in [0.25, 0.3) is 0 Å². The Hall–Kier alpha value is -1.55. The van der Waals surface area contributed by atoms with Crippen LogP contribution in [0, 0.1) is 0 Å². The molecule has 0 aromatic heterocycles. The first-order chi connectivity index (χ1) is 9.09. The minimum Gasteiger partial charge on any atom is -0.481 e. The highest BCUT2D eigenvalue weighted by Crippen LogP contribution is 2.14. The van der Waals surface area contributed by atoms with Crippen molar-refractivity contribution in [3.8, 4) is 0 Å². The molecule has 0 saturated heterocycles. The number of aliphatic carboxylic acids is 1. The summed E-state index contributed by atoms with van der Waals surface area (Å²) in [5.74, 6) is -0.721. The van der Waals surface area contributed by atoms with E-state index >= 15 is 0 Å². The van der Waals surface area contributed by atoms with Crippen molar-refractivity contribution in [1.29, 1.82) is 0 Å². The predicted octanol–water partition coefficient (Wildman–Crippen LogP) is 2.31. The van der Waals surface area contributed by atoms with Crippen LogP contribution in [0.4, 0.5) is 5.69 Å². The lowest BCUT2D eigenvalue weighted by Gasteiger charge is -2.25. The summed E-state index contributed by atoms with van der Waals surface area (Å²) in [6.07, 6.45) is 2.00. The van der Waals surface area contributed by atoms with Crippen LogP contribution in [-0.4, -0.2) is 49.7 Å². The molecule has 0 aliphatic heterocycles. The number of carboxylic acid groups (broad SMARTS) is 1. The van der Waals surface area contributed by atoms with Crippen molar-refractivity contribution >= 4 is 11.7 Å². The van der Waals surface area contributed by atoms with E-state index in [1.165, 1.54) is 5.69 Å². The van der Waals surface area contributed by atoms with Gasteiger partial charge in [0.2, 0.25) is 0 Å². The van der Waals surface area contributed by atoms with Crippen LogP contribution in [0.3, 0.4) is 0 Å². The molecule has 106 valence electrons. The molecule has 4 nitrogen and oxygen atoms in total. The van der Waals surface area contributed by atoms with E-state index in [0.29, 0.717) is 6.42 Å². The average molecular weight is 264 g/mol. The third kappa shape index (κ3) is 6.82. The molecule has 0 spiro atoms. The van der Waals surface area contributed by atoms with Crippen molar-refractivity contribution in [3.05, 3.63) is 30.3 Å². The van der Waals surface area contributed by atoms with Gasteiger partial charge in [-0.3, -0.25) is 4.79 Å². The molecule has 19 heavy (non-hydrogen) atoms. The third-order valence-corrected chi connectivity index (χ3v) is 2.97. The molecule has 0 saturated carbocycles. The number of carboxylic acids is 1. The van der Waals surface area contributed by atoms with Crippen molar-refractivity contribution in [3.63, 3.8) is 0 Å². The smallest absolute Gasteiger partial charge is 0.303 e. The Morgan fingerprint density at radius 3 is 2.26 bits per heavy atom. The highest BCUT2D eigenvalue weighted by atomic mass is 16.4. The monoisotopic (exact) mass is 264 g/mol. The Morgan fingerprint density at radius 1 is 1.05 bits per heavy atom. The van der Waals surface area contributed by atoms with Gasteiger partial charge in [-0.15, -0.1) is 0 Å². The van der Waals surface area contributed by atoms with Crippen molar-refractivity contribution in [1.82, 2.24) is 4.90 Å². The van der Waals surface area contributed by atoms with E-state index in [2.05, 4.69) is 36.0 Å². The molecule has 1 rings (SSSR count). The third-order valence-electron chi connectivity index (χ3n) is 2.97. The zero-order valence-corrected chi connectivity index (χ0v) is 11.9. The quantitative estimate of drug-likeness (QED) is 0.743. The van der Waals surface area contributed by atoms with E-state index in [-0.39, 0.29) is 6.42 Å². The number of anilines is 1. The van der Waals surface area contributed by atoms with Gasteiger partial charge in [-0.1, -0.05) is 18.2 Å². The van der Waals surface area contributed by atoms with Gasteiger partial charge in [0.15, 0.2) is 0 Å². The Balaban J connectivity index is 2.50. The second-order valence-corrected chi connectivity index (χ2v) is 4.98. The van der Waals surface area contributed by atoms with E-state index in [4.69, 9.17) is 5.11 Å². The maximum Gasteiger partial charge on any atom is 0.303 e. The maximum absolute atomic E-state index is 10.6. The van der Waals surface area contributed by atoms with Gasteiger partial charge in [-0.2, -0.15) is 0 Å². The van der Waals surface area contributed by atoms with Gasteiger partial charge in [0, 0.05) is 25.2 Å². The topological polar surface area (TPSA) is 43.8 Å². The summed E-state index contributed by atoms with van der Waals surface area (Å²) in [7, 11) is 4.13. The van der Waals surface area contributed by atoms with Gasteiger partial charge >= 0.3 is 5.97 Å². The minimum atomic E-state index is -0.721. The van der Waals surface area contributed by atoms with E-state index < -0.39 is 5.97 Å². The maximum atomic E-state index is 10.6. The molecule has 1 aromatic rings. The van der Waals surface area contributed by atoms with Gasteiger partial charge in [0.05, 0.1) is 0 Å². The Labute approximate surface area is 115 Å². The molecule has 1 N–H and O–H groups in total. The van der Waals surface area contributed by atoms with Crippen LogP contribution in [0.2, 0.25) is 0 Å². The van der Waals surface area contributed by atoms with Crippen molar-refractivity contribution in [2.24, 2.45) is 0 Å². The minimum absolute atomic E-state index is 0.233. The Morgan fingerprint density at radius 2 is 1.68 bits per heavy atom. The number of nitrogens with zero attached hydrogens (tertiary/aromatic N) is 2. The molecule has 0 amide bonds. The first kappa shape index (κ1) is 15.5. The van der Waals surface area contributed by atoms with Gasteiger partial charge < -0.3 is 14.9 Å². The van der Waals surface area contributed by atoms with Crippen LogP contribution >= 0.6 is 0 Å². The SMILES string of the molecule is CN(C)CCCN(CCCC(=O)O)c1ccccc1. The lowest BCUT2D eigenvalue weighted by atomic mass is 10.2. The second-order valence-electron chi connectivity index (χ2n) is 4.98. The lowest BCUT2D eigenvalue weighted by Crippen LogP contribution is -2.28. The summed E-state index contributed by atoms with van der Waals surface area (Å²) in [6, 6.07) is 10.2. The zero-order valence-electron chi connectivity index (χ0n) is 11.9. The fourth-order valence-corrected chi connectivity index (χ4v) is 2.01. The number of hydrogen-bond donors (Lipinski definition) is 1. The van der Waals surface area contributed by atoms with Gasteiger partial charge in [0.1, 0.15) is 0 Å². The summed E-state index contributed by atoms with van der Waals surface area (Å²) in [5, 5.41) is 8.72. The summed E-state index contributed by atoms with van der Waals surface area (Å²) >= 11 is 0. The van der Waals surface area contributed by atoms with Crippen LogP contribution < -0.4 is 4.90 Å². The molecule has 0 fully saturated rings. The van der Waals surface area contributed by atoms with E-state index in [1.54, 1.807) is 0 Å². The normalized spacial score (nSPS) is 10.7. The van der Waals surface area contributed by atoms with Crippen molar-refractivity contribution in [2.45, 2.75) is 19.3 Å². The molecule has 0 bridgehead atoms. The summed E-state index contributed by atoms with van der Waals surface area (Å²) in [6.45, 7) is 2.80. The predicted molar refractivity (Wildman–Crippen MR) is 78.7 cm³/mol. The zero-order chi connectivity index (χ0) is 14.1. The number of carbonyl (C=O) groups is 1. The Kier molecular flexibility index (Phi) is 6.97. The molecule has 0 radical (unpaired) electrons. The fourth-order valence-electron chi connectivity index (χ4n) is 2.01. The molecule has 1 aromatic carbocycles. The molecular formula is C15H24N2O2. The highest BCUT2D eigenvalue weighted by molar-refractivity contribution is 5.66. The average Bonchev–Trinajstić information content (AvgIpc) is 2.37. The number of para-hydroxylation sites is 1. The summed E-state index contributed by atoms with van der Waals surface area (Å²) < 4.78 is 0. The first-order valence-corrected chi connectivity index (χ1v) is 6.76. The molecule has 4 heteroatoms. The van der Waals surface area contributed by atoms with Gasteiger partial charge in [-0.25, -0.2) is 0 Å². The van der Waals surface area contributed by atoms with Gasteiger partial charge in [-0.05, 0) is 45.6 Å². The lowest BCUT2D eigenvalue weighted by molar-refractivity contribution is -0.137. The van der Waals surface area contributed by atoms with Crippen LogP contribution in [0.25, 0.3) is 0 Å². The molecular weight excluding hydrogens is 240 g/mol. The molecule has 0 atom stereocenters. The number of rotatable bonds is 9. The summed E-state index contributed by atoms with van der Waals surface area (Å²) in [4.78, 5) is 15.0.